The summed E-state index contributed by atoms with van der Waals surface area (Å²) >= 11 is 0. The van der Waals surface area contributed by atoms with Gasteiger partial charge in [-0.2, -0.15) is 10.4 Å². The average molecular weight is 547 g/mol. The van der Waals surface area contributed by atoms with Crippen LogP contribution < -0.4 is 16.4 Å². The van der Waals surface area contributed by atoms with Crippen LogP contribution in [0.4, 0.5) is 10.2 Å². The molecule has 0 fully saturated rings. The molecule has 0 aliphatic carbocycles. The summed E-state index contributed by atoms with van der Waals surface area (Å²) in [5, 5.41) is 20.5. The lowest BCUT2D eigenvalue weighted by Crippen LogP contribution is -2.38. The molecule has 1 aromatic heterocycles. The summed E-state index contributed by atoms with van der Waals surface area (Å²) in [7, 11) is 1.73. The number of nitrogen functional groups attached to an aromatic ring is 1. The van der Waals surface area contributed by atoms with Gasteiger partial charge >= 0.3 is 0 Å². The van der Waals surface area contributed by atoms with E-state index in [-0.39, 0.29) is 35.6 Å². The third-order valence-corrected chi connectivity index (χ3v) is 4.83. The van der Waals surface area contributed by atoms with Crippen molar-refractivity contribution in [2.75, 3.05) is 25.9 Å². The molecule has 0 bridgehead atoms. The number of nitrogens with zero attached hydrogens (tertiary/aromatic N) is 4. The van der Waals surface area contributed by atoms with Gasteiger partial charge in [0.25, 0.3) is 0 Å². The largest absolute Gasteiger partial charge is 0.382 e. The second kappa shape index (κ2) is 12.7. The number of halogens is 2. The average Bonchev–Trinajstić information content (AvgIpc) is 3.11. The van der Waals surface area contributed by atoms with Gasteiger partial charge in [0.05, 0.1) is 11.4 Å². The lowest BCUT2D eigenvalue weighted by Gasteiger charge is -2.11. The summed E-state index contributed by atoms with van der Waals surface area (Å²) in [5.41, 5.74) is 8.96. The van der Waals surface area contributed by atoms with E-state index in [1.807, 2.05) is 18.2 Å². The summed E-state index contributed by atoms with van der Waals surface area (Å²) in [5.74, 6) is 0.648. The zero-order chi connectivity index (χ0) is 22.1. The summed E-state index contributed by atoms with van der Waals surface area (Å²) in [6.45, 7) is 1.44. The molecule has 4 N–H and O–H groups in total. The van der Waals surface area contributed by atoms with Crippen LogP contribution in [0.3, 0.4) is 0 Å². The first-order valence-corrected chi connectivity index (χ1v) is 10.1. The van der Waals surface area contributed by atoms with E-state index in [0.717, 1.165) is 25.3 Å². The first kappa shape index (κ1) is 25.1. The SMILES string of the molecule is CN=C(NCCCc1nn(-c2ccc(F)cc2)c(N)c1C#N)NCCc1ccccc1.I. The van der Waals surface area contributed by atoms with Gasteiger partial charge in [0.1, 0.15) is 23.3 Å². The topological polar surface area (TPSA) is 104 Å². The van der Waals surface area contributed by atoms with Gasteiger partial charge in [-0.1, -0.05) is 30.3 Å². The van der Waals surface area contributed by atoms with Crippen LogP contribution in [0.2, 0.25) is 0 Å². The van der Waals surface area contributed by atoms with Gasteiger partial charge in [-0.05, 0) is 49.1 Å². The van der Waals surface area contributed by atoms with Gasteiger partial charge in [-0.25, -0.2) is 9.07 Å². The van der Waals surface area contributed by atoms with Crippen LogP contribution >= 0.6 is 24.0 Å². The highest BCUT2D eigenvalue weighted by atomic mass is 127. The van der Waals surface area contributed by atoms with Gasteiger partial charge in [-0.3, -0.25) is 4.99 Å². The second-order valence-electron chi connectivity index (χ2n) is 6.97. The third-order valence-electron chi connectivity index (χ3n) is 4.83. The van der Waals surface area contributed by atoms with E-state index in [1.165, 1.54) is 22.4 Å². The van der Waals surface area contributed by atoms with Crippen molar-refractivity contribution in [3.8, 4) is 11.8 Å². The van der Waals surface area contributed by atoms with Crippen molar-refractivity contribution in [1.82, 2.24) is 20.4 Å². The van der Waals surface area contributed by atoms with E-state index >= 15 is 0 Å². The standard InChI is InChI=1S/C23H26FN7.HI/c1-27-23(29-15-13-17-6-3-2-4-7-17)28-14-5-8-21-20(16-25)22(26)31(30-21)19-11-9-18(24)10-12-19;/h2-4,6-7,9-12H,5,8,13-15,26H2,1H3,(H2,27,28,29);1H. The lowest BCUT2D eigenvalue weighted by molar-refractivity contribution is 0.627. The Morgan fingerprint density at radius 3 is 2.44 bits per heavy atom. The minimum atomic E-state index is -0.341. The van der Waals surface area contributed by atoms with Crippen LogP contribution in [0.1, 0.15) is 23.2 Å². The normalized spacial score (nSPS) is 10.8. The molecule has 2 aromatic carbocycles. The number of rotatable bonds is 8. The number of benzene rings is 2. The Kier molecular flexibility index (Phi) is 9.94. The number of nitrogens with two attached hydrogens (primary N) is 1. The van der Waals surface area contributed by atoms with Crippen molar-refractivity contribution >= 4 is 35.8 Å². The van der Waals surface area contributed by atoms with Crippen molar-refractivity contribution in [3.05, 3.63) is 77.2 Å². The fourth-order valence-corrected chi connectivity index (χ4v) is 3.21. The Morgan fingerprint density at radius 2 is 1.78 bits per heavy atom. The minimum Gasteiger partial charge on any atom is -0.382 e. The first-order chi connectivity index (χ1) is 15.1. The van der Waals surface area contributed by atoms with Crippen LogP contribution in [0, 0.1) is 17.1 Å². The highest BCUT2D eigenvalue weighted by Crippen LogP contribution is 2.21. The number of aromatic nitrogens is 2. The predicted molar refractivity (Wildman–Crippen MR) is 136 cm³/mol. The molecule has 9 heteroatoms. The molecule has 0 atom stereocenters. The Labute approximate surface area is 204 Å². The highest BCUT2D eigenvalue weighted by molar-refractivity contribution is 14.0. The molecule has 0 unspecified atom stereocenters. The molecule has 3 aromatic rings. The van der Waals surface area contributed by atoms with E-state index in [0.29, 0.717) is 29.9 Å². The van der Waals surface area contributed by atoms with E-state index in [2.05, 4.69) is 38.9 Å². The number of hydrogen-bond donors (Lipinski definition) is 3. The van der Waals surface area contributed by atoms with Gasteiger partial charge in [0.15, 0.2) is 5.96 Å². The van der Waals surface area contributed by atoms with Crippen LogP contribution in [-0.2, 0) is 12.8 Å². The Hall–Kier alpha value is -3.13. The van der Waals surface area contributed by atoms with Crippen LogP contribution in [-0.4, -0.2) is 35.9 Å². The van der Waals surface area contributed by atoms with Crippen molar-refractivity contribution in [2.45, 2.75) is 19.3 Å². The quantitative estimate of drug-likeness (QED) is 0.174. The van der Waals surface area contributed by atoms with Crippen LogP contribution in [0.5, 0.6) is 0 Å². The van der Waals surface area contributed by atoms with Crippen molar-refractivity contribution in [2.24, 2.45) is 4.99 Å². The molecule has 1 heterocycles. The van der Waals surface area contributed by atoms with Crippen molar-refractivity contribution in [1.29, 1.82) is 5.26 Å². The van der Waals surface area contributed by atoms with Gasteiger partial charge in [0, 0.05) is 20.1 Å². The van der Waals surface area contributed by atoms with E-state index in [4.69, 9.17) is 5.73 Å². The molecule has 168 valence electrons. The molecule has 0 aliphatic rings. The van der Waals surface area contributed by atoms with Crippen molar-refractivity contribution in [3.63, 3.8) is 0 Å². The summed E-state index contributed by atoms with van der Waals surface area (Å²) in [6, 6.07) is 18.2. The molecule has 0 saturated heterocycles. The number of nitrogens with one attached hydrogen (secondary N) is 2. The zero-order valence-electron chi connectivity index (χ0n) is 17.9. The van der Waals surface area contributed by atoms with Crippen molar-refractivity contribution < 1.29 is 4.39 Å². The smallest absolute Gasteiger partial charge is 0.190 e. The van der Waals surface area contributed by atoms with Gasteiger partial charge < -0.3 is 16.4 Å². The van der Waals surface area contributed by atoms with E-state index < -0.39 is 0 Å². The van der Waals surface area contributed by atoms with Crippen LogP contribution in [0.25, 0.3) is 5.69 Å². The van der Waals surface area contributed by atoms with Gasteiger partial charge in [0.2, 0.25) is 0 Å². The molecule has 0 aliphatic heterocycles. The molecule has 7 nitrogen and oxygen atoms in total. The maximum absolute atomic E-state index is 13.2. The maximum atomic E-state index is 13.2. The van der Waals surface area contributed by atoms with E-state index in [9.17, 15) is 9.65 Å². The fourth-order valence-electron chi connectivity index (χ4n) is 3.21. The number of anilines is 1. The molecular formula is C23H27FIN7. The highest BCUT2D eigenvalue weighted by Gasteiger charge is 2.16. The maximum Gasteiger partial charge on any atom is 0.190 e. The minimum absolute atomic E-state index is 0. The number of aliphatic imine (C=N–C) groups is 1. The fraction of sp³-hybridized carbons (Fsp3) is 0.261. The summed E-state index contributed by atoms with van der Waals surface area (Å²) in [4.78, 5) is 4.23. The molecule has 0 saturated carbocycles. The van der Waals surface area contributed by atoms with E-state index in [1.54, 1.807) is 19.2 Å². The molecule has 0 radical (unpaired) electrons. The molecule has 0 spiro atoms. The molecule has 32 heavy (non-hydrogen) atoms. The number of aryl methyl sites for hydroxylation is 1. The zero-order valence-corrected chi connectivity index (χ0v) is 20.2. The molecule has 0 amide bonds. The Balaban J connectivity index is 0.00000363. The second-order valence-corrected chi connectivity index (χ2v) is 6.97. The third kappa shape index (κ3) is 6.68. The summed E-state index contributed by atoms with van der Waals surface area (Å²) in [6.07, 6.45) is 2.23. The molecule has 3 rings (SSSR count). The van der Waals surface area contributed by atoms with Gasteiger partial charge in [-0.15, -0.1) is 24.0 Å². The number of hydrogen-bond acceptors (Lipinski definition) is 4. The van der Waals surface area contributed by atoms with Crippen LogP contribution in [0.15, 0.2) is 59.6 Å². The number of guanidine groups is 1. The first-order valence-electron chi connectivity index (χ1n) is 10.1. The molecular weight excluding hydrogens is 520 g/mol. The monoisotopic (exact) mass is 547 g/mol. The summed E-state index contributed by atoms with van der Waals surface area (Å²) < 4.78 is 14.7. The Morgan fingerprint density at radius 1 is 1.09 bits per heavy atom. The predicted octanol–water partition coefficient (Wildman–Crippen LogP) is 3.42. The Bertz CT molecular complexity index is 1060. The number of nitriles is 1. The lowest BCUT2D eigenvalue weighted by atomic mass is 10.1.